The Morgan fingerprint density at radius 1 is 1.04 bits per heavy atom. The molecule has 1 heterocycles. The van der Waals surface area contributed by atoms with Crippen LogP contribution in [0.15, 0.2) is 48.5 Å². The van der Waals surface area contributed by atoms with E-state index in [2.05, 4.69) is 66.0 Å². The zero-order valence-electron chi connectivity index (χ0n) is 13.9. The second kappa shape index (κ2) is 6.94. The Morgan fingerprint density at radius 3 is 2.48 bits per heavy atom. The van der Waals surface area contributed by atoms with Crippen molar-refractivity contribution in [2.24, 2.45) is 5.73 Å². The molecular formula is C19H24N4. The van der Waals surface area contributed by atoms with Crippen LogP contribution in [0.4, 0.5) is 0 Å². The van der Waals surface area contributed by atoms with E-state index in [1.54, 1.807) is 0 Å². The lowest BCUT2D eigenvalue weighted by Gasteiger charge is -2.12. The molecule has 23 heavy (non-hydrogen) atoms. The third-order valence-electron chi connectivity index (χ3n) is 4.09. The number of nitrogens with zero attached hydrogens (tertiary/aromatic N) is 3. The summed E-state index contributed by atoms with van der Waals surface area (Å²) in [5.74, 6) is 1.04. The smallest absolute Gasteiger partial charge is 0.141 e. The van der Waals surface area contributed by atoms with Gasteiger partial charge in [-0.15, -0.1) is 0 Å². The summed E-state index contributed by atoms with van der Waals surface area (Å²) in [7, 11) is 4.22. The van der Waals surface area contributed by atoms with Gasteiger partial charge >= 0.3 is 0 Å². The quantitative estimate of drug-likeness (QED) is 0.761. The Bertz CT molecular complexity index is 772. The highest BCUT2D eigenvalue weighted by Crippen LogP contribution is 2.25. The van der Waals surface area contributed by atoms with Gasteiger partial charge in [0.2, 0.25) is 0 Å². The third-order valence-corrected chi connectivity index (χ3v) is 4.09. The lowest BCUT2D eigenvalue weighted by molar-refractivity contribution is 0.388. The fraction of sp³-hybridized carbons (Fsp3) is 0.316. The Kier molecular flexibility index (Phi) is 4.74. The fourth-order valence-corrected chi connectivity index (χ4v) is 2.86. The first-order valence-electron chi connectivity index (χ1n) is 8.08. The topological polar surface area (TPSA) is 47.1 Å². The summed E-state index contributed by atoms with van der Waals surface area (Å²) in [5, 5.41) is 0. The zero-order valence-corrected chi connectivity index (χ0v) is 13.9. The maximum atomic E-state index is 5.70. The number of imidazole rings is 1. The van der Waals surface area contributed by atoms with E-state index in [1.807, 2.05) is 6.07 Å². The van der Waals surface area contributed by atoms with Gasteiger partial charge in [-0.3, -0.25) is 0 Å². The molecule has 0 fully saturated rings. The van der Waals surface area contributed by atoms with E-state index in [4.69, 9.17) is 10.7 Å². The van der Waals surface area contributed by atoms with Crippen molar-refractivity contribution >= 4 is 11.0 Å². The van der Waals surface area contributed by atoms with E-state index >= 15 is 0 Å². The molecule has 0 bridgehead atoms. The molecular weight excluding hydrogens is 284 g/mol. The Balaban J connectivity index is 2.00. The summed E-state index contributed by atoms with van der Waals surface area (Å²) >= 11 is 0. The van der Waals surface area contributed by atoms with E-state index in [0.717, 1.165) is 42.0 Å². The molecule has 0 atom stereocenters. The molecule has 4 nitrogen and oxygen atoms in total. The number of nitrogens with two attached hydrogens (primary N) is 1. The lowest BCUT2D eigenvalue weighted by Crippen LogP contribution is -2.15. The number of benzene rings is 2. The molecule has 2 aromatic carbocycles. The normalized spacial score (nSPS) is 11.5. The lowest BCUT2D eigenvalue weighted by atomic mass is 10.1. The highest BCUT2D eigenvalue weighted by atomic mass is 15.1. The summed E-state index contributed by atoms with van der Waals surface area (Å²) in [5.41, 5.74) is 10.2. The molecule has 0 aliphatic carbocycles. The van der Waals surface area contributed by atoms with Crippen LogP contribution in [0.3, 0.4) is 0 Å². The van der Waals surface area contributed by atoms with Gasteiger partial charge in [0, 0.05) is 18.7 Å². The molecule has 2 N–H and O–H groups in total. The van der Waals surface area contributed by atoms with E-state index in [1.165, 1.54) is 5.52 Å². The van der Waals surface area contributed by atoms with Gasteiger partial charge in [-0.05, 0) is 44.8 Å². The molecule has 0 spiro atoms. The van der Waals surface area contributed by atoms with E-state index in [9.17, 15) is 0 Å². The van der Waals surface area contributed by atoms with Crippen molar-refractivity contribution in [1.29, 1.82) is 0 Å². The molecule has 4 heteroatoms. The predicted octanol–water partition coefficient (Wildman–Crippen LogP) is 3.11. The van der Waals surface area contributed by atoms with Crippen LogP contribution in [0.25, 0.3) is 22.4 Å². The predicted molar refractivity (Wildman–Crippen MR) is 96.2 cm³/mol. The first kappa shape index (κ1) is 15.7. The van der Waals surface area contributed by atoms with Crippen LogP contribution >= 0.6 is 0 Å². The second-order valence-corrected chi connectivity index (χ2v) is 6.13. The van der Waals surface area contributed by atoms with Gasteiger partial charge < -0.3 is 15.2 Å². The number of aryl methyl sites for hydroxylation is 1. The number of hydrogen-bond acceptors (Lipinski definition) is 3. The summed E-state index contributed by atoms with van der Waals surface area (Å²) in [4.78, 5) is 7.07. The van der Waals surface area contributed by atoms with Gasteiger partial charge in [0.05, 0.1) is 11.0 Å². The van der Waals surface area contributed by atoms with Gasteiger partial charge in [0.1, 0.15) is 5.82 Å². The van der Waals surface area contributed by atoms with Gasteiger partial charge in [0.25, 0.3) is 0 Å². The largest absolute Gasteiger partial charge is 0.326 e. The minimum atomic E-state index is 0.569. The van der Waals surface area contributed by atoms with Crippen molar-refractivity contribution in [2.75, 3.05) is 20.6 Å². The van der Waals surface area contributed by atoms with Crippen molar-refractivity contribution in [3.63, 3.8) is 0 Å². The average molecular weight is 308 g/mol. The molecule has 120 valence electrons. The molecule has 1 aromatic heterocycles. The van der Waals surface area contributed by atoms with Gasteiger partial charge in [-0.2, -0.15) is 0 Å². The Labute approximate surface area is 137 Å². The van der Waals surface area contributed by atoms with Crippen LogP contribution < -0.4 is 5.73 Å². The second-order valence-electron chi connectivity index (χ2n) is 6.13. The van der Waals surface area contributed by atoms with Crippen LogP contribution in [0, 0.1) is 0 Å². The van der Waals surface area contributed by atoms with Crippen molar-refractivity contribution in [3.8, 4) is 11.4 Å². The molecule has 3 aromatic rings. The van der Waals surface area contributed by atoms with Crippen LogP contribution in [0.2, 0.25) is 0 Å². The molecule has 0 saturated heterocycles. The van der Waals surface area contributed by atoms with Crippen molar-refractivity contribution in [1.82, 2.24) is 14.5 Å². The molecule has 0 radical (unpaired) electrons. The maximum Gasteiger partial charge on any atom is 0.141 e. The maximum absolute atomic E-state index is 5.70. The van der Waals surface area contributed by atoms with Crippen LogP contribution in [0.1, 0.15) is 12.0 Å². The van der Waals surface area contributed by atoms with E-state index < -0.39 is 0 Å². The van der Waals surface area contributed by atoms with Crippen molar-refractivity contribution in [2.45, 2.75) is 19.5 Å². The molecule has 0 unspecified atom stereocenters. The number of rotatable bonds is 6. The summed E-state index contributed by atoms with van der Waals surface area (Å²) in [6.45, 7) is 2.60. The number of hydrogen-bond donors (Lipinski definition) is 1. The molecule has 0 saturated carbocycles. The third kappa shape index (κ3) is 3.44. The average Bonchev–Trinajstić information content (AvgIpc) is 2.93. The number of fused-ring (bicyclic) bond motifs is 1. The minimum Gasteiger partial charge on any atom is -0.326 e. The van der Waals surface area contributed by atoms with Gasteiger partial charge in [-0.1, -0.05) is 36.4 Å². The van der Waals surface area contributed by atoms with Crippen LogP contribution in [-0.2, 0) is 13.1 Å². The Hall–Kier alpha value is -2.17. The Morgan fingerprint density at radius 2 is 1.78 bits per heavy atom. The molecule has 3 rings (SSSR count). The monoisotopic (exact) mass is 308 g/mol. The minimum absolute atomic E-state index is 0.569. The van der Waals surface area contributed by atoms with Crippen LogP contribution in [0.5, 0.6) is 0 Å². The van der Waals surface area contributed by atoms with Crippen molar-refractivity contribution < 1.29 is 0 Å². The summed E-state index contributed by atoms with van der Waals surface area (Å²) in [6.07, 6.45) is 1.10. The first-order valence-corrected chi connectivity index (χ1v) is 8.08. The van der Waals surface area contributed by atoms with E-state index in [-0.39, 0.29) is 0 Å². The van der Waals surface area contributed by atoms with Gasteiger partial charge in [0.15, 0.2) is 0 Å². The standard InChI is InChI=1S/C19H24N4/c1-22(2)12-5-13-23-18-7-4-3-6-17(18)21-19(23)16-10-8-15(14-20)9-11-16/h3-4,6-11H,5,12-14,20H2,1-2H3. The molecule has 0 amide bonds. The van der Waals surface area contributed by atoms with Crippen LogP contribution in [-0.4, -0.2) is 35.1 Å². The molecule has 0 aliphatic rings. The van der Waals surface area contributed by atoms with Gasteiger partial charge in [-0.25, -0.2) is 4.98 Å². The fourth-order valence-electron chi connectivity index (χ4n) is 2.86. The number of aromatic nitrogens is 2. The molecule has 0 aliphatic heterocycles. The highest BCUT2D eigenvalue weighted by Gasteiger charge is 2.12. The SMILES string of the molecule is CN(C)CCCn1c(-c2ccc(CN)cc2)nc2ccccc21. The summed E-state index contributed by atoms with van der Waals surface area (Å²) in [6, 6.07) is 16.7. The van der Waals surface area contributed by atoms with Crippen molar-refractivity contribution in [3.05, 3.63) is 54.1 Å². The summed E-state index contributed by atoms with van der Waals surface area (Å²) < 4.78 is 2.33. The first-order chi connectivity index (χ1) is 11.2. The highest BCUT2D eigenvalue weighted by molar-refractivity contribution is 5.80. The number of para-hydroxylation sites is 2. The zero-order chi connectivity index (χ0) is 16.2. The van der Waals surface area contributed by atoms with E-state index in [0.29, 0.717) is 6.54 Å².